The molecule has 0 bridgehead atoms. The average Bonchev–Trinajstić information content (AvgIpc) is 3.10. The zero-order valence-corrected chi connectivity index (χ0v) is 14.8. The molecule has 128 valence electrons. The molecule has 2 heterocycles. The van der Waals surface area contributed by atoms with Crippen LogP contribution in [0.25, 0.3) is 11.3 Å². The number of aromatic nitrogens is 2. The van der Waals surface area contributed by atoms with Crippen LogP contribution in [0.2, 0.25) is 0 Å². The number of carbonyl (C=O) groups excluding carboxylic acids is 1. The lowest BCUT2D eigenvalue weighted by Crippen LogP contribution is -2.17. The first-order valence-corrected chi connectivity index (χ1v) is 10.0. The Bertz CT molecular complexity index is 955. The van der Waals surface area contributed by atoms with Gasteiger partial charge in [-0.15, -0.1) is 11.3 Å². The lowest BCUT2D eigenvalue weighted by Gasteiger charge is -2.04. The fourth-order valence-corrected chi connectivity index (χ4v) is 4.14. The number of rotatable bonds is 6. The summed E-state index contributed by atoms with van der Waals surface area (Å²) in [6.45, 7) is 0. The van der Waals surface area contributed by atoms with Gasteiger partial charge in [0.15, 0.2) is 15.0 Å². The predicted molar refractivity (Wildman–Crippen MR) is 97.1 cm³/mol. The van der Waals surface area contributed by atoms with Crippen LogP contribution in [-0.4, -0.2) is 30.0 Å². The Morgan fingerprint density at radius 2 is 1.80 bits per heavy atom. The second kappa shape index (κ2) is 7.54. The quantitative estimate of drug-likeness (QED) is 0.717. The van der Waals surface area contributed by atoms with Crippen LogP contribution in [-0.2, 0) is 14.6 Å². The van der Waals surface area contributed by atoms with Gasteiger partial charge in [0.05, 0.1) is 16.3 Å². The molecular formula is C17H15N3O3S2. The smallest absolute Gasteiger partial charge is 0.227 e. The molecule has 1 amide bonds. The van der Waals surface area contributed by atoms with Gasteiger partial charge in [-0.3, -0.25) is 9.78 Å². The molecule has 0 radical (unpaired) electrons. The van der Waals surface area contributed by atoms with Crippen LogP contribution in [0.15, 0.2) is 65.1 Å². The fourth-order valence-electron chi connectivity index (χ4n) is 2.14. The Balaban J connectivity index is 1.59. The number of hydrogen-bond donors (Lipinski definition) is 1. The summed E-state index contributed by atoms with van der Waals surface area (Å²) in [5.41, 5.74) is 1.64. The Morgan fingerprint density at radius 3 is 2.52 bits per heavy atom. The first-order chi connectivity index (χ1) is 12.0. The predicted octanol–water partition coefficient (Wildman–Crippen LogP) is 3.01. The van der Waals surface area contributed by atoms with Crippen LogP contribution in [0, 0.1) is 0 Å². The molecule has 0 unspecified atom stereocenters. The van der Waals surface area contributed by atoms with E-state index in [-0.39, 0.29) is 23.0 Å². The minimum Gasteiger partial charge on any atom is -0.302 e. The van der Waals surface area contributed by atoms with E-state index in [0.717, 1.165) is 11.3 Å². The van der Waals surface area contributed by atoms with Crippen LogP contribution in [0.4, 0.5) is 5.13 Å². The number of carbonyl (C=O) groups is 1. The summed E-state index contributed by atoms with van der Waals surface area (Å²) in [7, 11) is -3.47. The number of nitrogens with one attached hydrogen (secondary N) is 1. The van der Waals surface area contributed by atoms with E-state index in [1.54, 1.807) is 30.6 Å². The second-order valence-corrected chi connectivity index (χ2v) is 8.17. The summed E-state index contributed by atoms with van der Waals surface area (Å²) in [4.78, 5) is 20.5. The molecule has 0 spiro atoms. The van der Waals surface area contributed by atoms with E-state index in [0.29, 0.717) is 5.13 Å². The number of sulfone groups is 1. The molecule has 0 fully saturated rings. The van der Waals surface area contributed by atoms with Crippen molar-refractivity contribution in [1.29, 1.82) is 0 Å². The molecule has 3 aromatic rings. The number of nitrogens with zero attached hydrogens (tertiary/aromatic N) is 2. The van der Waals surface area contributed by atoms with Gasteiger partial charge >= 0.3 is 0 Å². The maximum absolute atomic E-state index is 12.2. The highest BCUT2D eigenvalue weighted by molar-refractivity contribution is 7.91. The molecule has 25 heavy (non-hydrogen) atoms. The largest absolute Gasteiger partial charge is 0.302 e. The summed E-state index contributed by atoms with van der Waals surface area (Å²) in [6, 6.07) is 11.8. The van der Waals surface area contributed by atoms with E-state index in [2.05, 4.69) is 15.3 Å². The van der Waals surface area contributed by atoms with Crippen molar-refractivity contribution in [3.8, 4) is 11.3 Å². The topological polar surface area (TPSA) is 89.0 Å². The monoisotopic (exact) mass is 373 g/mol. The number of pyridine rings is 1. The normalized spacial score (nSPS) is 11.2. The number of benzene rings is 1. The minimum atomic E-state index is -3.47. The molecule has 3 rings (SSSR count). The molecule has 1 aromatic carbocycles. The number of anilines is 1. The zero-order chi connectivity index (χ0) is 17.7. The molecule has 8 heteroatoms. The summed E-state index contributed by atoms with van der Waals surface area (Å²) < 4.78 is 24.4. The van der Waals surface area contributed by atoms with Crippen molar-refractivity contribution >= 4 is 32.2 Å². The van der Waals surface area contributed by atoms with E-state index in [4.69, 9.17) is 0 Å². The van der Waals surface area contributed by atoms with E-state index in [1.807, 2.05) is 17.5 Å². The molecule has 6 nitrogen and oxygen atoms in total. The molecule has 1 N–H and O–H groups in total. The number of hydrogen-bond acceptors (Lipinski definition) is 6. The average molecular weight is 373 g/mol. The van der Waals surface area contributed by atoms with Crippen molar-refractivity contribution in [1.82, 2.24) is 9.97 Å². The highest BCUT2D eigenvalue weighted by Gasteiger charge is 2.16. The molecule has 0 aliphatic heterocycles. The van der Waals surface area contributed by atoms with Gasteiger partial charge in [-0.2, -0.15) is 0 Å². The van der Waals surface area contributed by atoms with Crippen molar-refractivity contribution < 1.29 is 13.2 Å². The molecule has 0 aliphatic carbocycles. The molecular weight excluding hydrogens is 358 g/mol. The van der Waals surface area contributed by atoms with Gasteiger partial charge < -0.3 is 5.32 Å². The maximum Gasteiger partial charge on any atom is 0.227 e. The van der Waals surface area contributed by atoms with Crippen molar-refractivity contribution in [2.24, 2.45) is 0 Å². The van der Waals surface area contributed by atoms with Gasteiger partial charge in [0.25, 0.3) is 0 Å². The molecule has 2 aromatic heterocycles. The maximum atomic E-state index is 12.2. The Labute approximate surface area is 149 Å². The Hall–Kier alpha value is -2.58. The Morgan fingerprint density at radius 1 is 1.08 bits per heavy atom. The van der Waals surface area contributed by atoms with E-state index >= 15 is 0 Å². The number of amides is 1. The van der Waals surface area contributed by atoms with Gasteiger partial charge in [0.2, 0.25) is 5.91 Å². The van der Waals surface area contributed by atoms with Crippen LogP contribution < -0.4 is 5.32 Å². The summed E-state index contributed by atoms with van der Waals surface area (Å²) in [6.07, 6.45) is 3.21. The summed E-state index contributed by atoms with van der Waals surface area (Å²) in [5.74, 6) is -0.624. The van der Waals surface area contributed by atoms with Gasteiger partial charge in [-0.1, -0.05) is 18.2 Å². The van der Waals surface area contributed by atoms with Crippen molar-refractivity contribution in [2.45, 2.75) is 11.3 Å². The zero-order valence-electron chi connectivity index (χ0n) is 13.1. The standard InChI is InChI=1S/C17H15N3O3S2/c21-16(8-11-25(22,23)14-4-2-1-3-5-14)20-17-19-15(12-24-17)13-6-9-18-10-7-13/h1-7,9-10,12H,8,11H2,(H,19,20,21). The lowest BCUT2D eigenvalue weighted by molar-refractivity contribution is -0.115. The van der Waals surface area contributed by atoms with Gasteiger partial charge in [0, 0.05) is 29.8 Å². The van der Waals surface area contributed by atoms with Gasteiger partial charge in [-0.05, 0) is 24.3 Å². The molecule has 0 saturated carbocycles. The van der Waals surface area contributed by atoms with Crippen molar-refractivity contribution in [3.63, 3.8) is 0 Å². The third-order valence-corrected chi connectivity index (χ3v) is 5.92. The van der Waals surface area contributed by atoms with Crippen LogP contribution >= 0.6 is 11.3 Å². The third-order valence-electron chi connectivity index (χ3n) is 3.43. The molecule has 0 atom stereocenters. The fraction of sp³-hybridized carbons (Fsp3) is 0.118. The van der Waals surface area contributed by atoms with E-state index < -0.39 is 9.84 Å². The summed E-state index contributed by atoms with van der Waals surface area (Å²) >= 11 is 1.29. The minimum absolute atomic E-state index is 0.124. The Kier molecular flexibility index (Phi) is 5.20. The highest BCUT2D eigenvalue weighted by Crippen LogP contribution is 2.24. The van der Waals surface area contributed by atoms with Crippen LogP contribution in [0.3, 0.4) is 0 Å². The summed E-state index contributed by atoms with van der Waals surface area (Å²) in [5, 5.41) is 4.91. The van der Waals surface area contributed by atoms with Gasteiger partial charge in [-0.25, -0.2) is 13.4 Å². The third kappa shape index (κ3) is 4.49. The lowest BCUT2D eigenvalue weighted by atomic mass is 10.2. The van der Waals surface area contributed by atoms with Crippen molar-refractivity contribution in [2.75, 3.05) is 11.1 Å². The van der Waals surface area contributed by atoms with Crippen molar-refractivity contribution in [3.05, 3.63) is 60.2 Å². The SMILES string of the molecule is O=C(CCS(=O)(=O)c1ccccc1)Nc1nc(-c2ccncc2)cs1. The van der Waals surface area contributed by atoms with E-state index in [1.165, 1.54) is 23.5 Å². The molecule has 0 aliphatic rings. The van der Waals surface area contributed by atoms with Crippen LogP contribution in [0.5, 0.6) is 0 Å². The molecule has 0 saturated heterocycles. The first kappa shape index (κ1) is 17.2. The van der Waals surface area contributed by atoms with Gasteiger partial charge in [0.1, 0.15) is 0 Å². The van der Waals surface area contributed by atoms with Crippen LogP contribution in [0.1, 0.15) is 6.42 Å². The van der Waals surface area contributed by atoms with E-state index in [9.17, 15) is 13.2 Å². The second-order valence-electron chi connectivity index (χ2n) is 5.20. The first-order valence-electron chi connectivity index (χ1n) is 7.48. The highest BCUT2D eigenvalue weighted by atomic mass is 32.2. The number of thiazole rings is 1.